The van der Waals surface area contributed by atoms with E-state index in [9.17, 15) is 9.18 Å². The van der Waals surface area contributed by atoms with Crippen molar-refractivity contribution >= 4 is 22.9 Å². The van der Waals surface area contributed by atoms with E-state index in [0.717, 1.165) is 17.7 Å². The van der Waals surface area contributed by atoms with Crippen LogP contribution in [0.25, 0.3) is 11.1 Å². The Balaban J connectivity index is 1.58. The first-order valence-electron chi connectivity index (χ1n) is 8.33. The lowest BCUT2D eigenvalue weighted by molar-refractivity contribution is -0.117. The lowest BCUT2D eigenvalue weighted by Gasteiger charge is -2.18. The number of fused-ring (bicyclic) bond motifs is 1. The Morgan fingerprint density at radius 3 is 2.88 bits per heavy atom. The lowest BCUT2D eigenvalue weighted by Crippen LogP contribution is -2.30. The third-order valence-electron chi connectivity index (χ3n) is 4.85. The van der Waals surface area contributed by atoms with Gasteiger partial charge >= 0.3 is 0 Å². The molecule has 0 radical (unpaired) electrons. The summed E-state index contributed by atoms with van der Waals surface area (Å²) < 4.78 is 13.7. The Hall–Kier alpha value is -2.46. The van der Waals surface area contributed by atoms with E-state index in [4.69, 9.17) is 0 Å². The van der Waals surface area contributed by atoms with Crippen molar-refractivity contribution in [1.29, 1.82) is 0 Å². The molecule has 0 N–H and O–H groups in total. The molecular formula is C21H18FNOS. The number of carbonyl (C=O) groups excluding carboxylic acids is 1. The monoisotopic (exact) mass is 351 g/mol. The summed E-state index contributed by atoms with van der Waals surface area (Å²) in [5, 5.41) is 4.20. The van der Waals surface area contributed by atoms with Gasteiger partial charge in [-0.1, -0.05) is 18.2 Å². The second-order valence-corrected chi connectivity index (χ2v) is 7.13. The maximum absolute atomic E-state index is 13.7. The number of anilines is 1. The summed E-state index contributed by atoms with van der Waals surface area (Å²) in [7, 11) is 0. The third-order valence-corrected chi connectivity index (χ3v) is 5.54. The van der Waals surface area contributed by atoms with Gasteiger partial charge in [0.1, 0.15) is 5.82 Å². The Morgan fingerprint density at radius 1 is 1.20 bits per heavy atom. The summed E-state index contributed by atoms with van der Waals surface area (Å²) in [4.78, 5) is 14.6. The van der Waals surface area contributed by atoms with Crippen molar-refractivity contribution in [2.75, 3.05) is 11.4 Å². The summed E-state index contributed by atoms with van der Waals surface area (Å²) >= 11 is 1.68. The molecular weight excluding hydrogens is 333 g/mol. The zero-order valence-corrected chi connectivity index (χ0v) is 14.8. The van der Waals surface area contributed by atoms with Gasteiger partial charge in [-0.2, -0.15) is 11.3 Å². The van der Waals surface area contributed by atoms with Crippen LogP contribution in [-0.4, -0.2) is 12.5 Å². The number of carbonyl (C=O) groups is 1. The highest BCUT2D eigenvalue weighted by molar-refractivity contribution is 7.08. The van der Waals surface area contributed by atoms with Crippen LogP contribution in [0.15, 0.2) is 53.2 Å². The molecule has 2 nitrogen and oxygen atoms in total. The van der Waals surface area contributed by atoms with Crippen molar-refractivity contribution < 1.29 is 9.18 Å². The van der Waals surface area contributed by atoms with E-state index in [0.29, 0.717) is 12.1 Å². The van der Waals surface area contributed by atoms with Gasteiger partial charge < -0.3 is 4.90 Å². The Bertz CT molecular complexity index is 933. The highest BCUT2D eigenvalue weighted by Gasteiger charge is 2.25. The van der Waals surface area contributed by atoms with Crippen molar-refractivity contribution in [2.45, 2.75) is 19.8 Å². The summed E-state index contributed by atoms with van der Waals surface area (Å²) in [5.74, 6) is -0.233. The van der Waals surface area contributed by atoms with Crippen LogP contribution >= 0.6 is 11.3 Å². The first kappa shape index (κ1) is 16.0. The van der Waals surface area contributed by atoms with Crippen molar-refractivity contribution in [3.05, 3.63) is 75.7 Å². The van der Waals surface area contributed by atoms with Gasteiger partial charge in [-0.25, -0.2) is 4.39 Å². The molecule has 1 aromatic heterocycles. The molecule has 0 unspecified atom stereocenters. The van der Waals surface area contributed by atoms with Crippen LogP contribution in [0.1, 0.15) is 16.7 Å². The summed E-state index contributed by atoms with van der Waals surface area (Å²) in [5.41, 5.74) is 5.91. The number of hydrogen-bond donors (Lipinski definition) is 0. The topological polar surface area (TPSA) is 20.3 Å². The Labute approximate surface area is 150 Å². The van der Waals surface area contributed by atoms with Crippen LogP contribution in [0.2, 0.25) is 0 Å². The van der Waals surface area contributed by atoms with E-state index in [-0.39, 0.29) is 18.1 Å². The molecule has 0 atom stereocenters. The summed E-state index contributed by atoms with van der Waals surface area (Å²) in [6.07, 6.45) is 1.09. The fourth-order valence-electron chi connectivity index (χ4n) is 3.37. The second-order valence-electron chi connectivity index (χ2n) is 6.35. The van der Waals surface area contributed by atoms with Crippen LogP contribution in [-0.2, 0) is 17.6 Å². The van der Waals surface area contributed by atoms with Crippen LogP contribution < -0.4 is 4.90 Å². The van der Waals surface area contributed by atoms with Gasteiger partial charge in [-0.05, 0) is 76.2 Å². The number of benzene rings is 2. The molecule has 0 bridgehead atoms. The van der Waals surface area contributed by atoms with Crippen LogP contribution in [0, 0.1) is 12.7 Å². The molecule has 0 spiro atoms. The molecule has 1 amide bonds. The number of halogens is 1. The molecule has 126 valence electrons. The van der Waals surface area contributed by atoms with E-state index >= 15 is 0 Å². The summed E-state index contributed by atoms with van der Waals surface area (Å²) in [6.45, 7) is 2.42. The smallest absolute Gasteiger partial charge is 0.231 e. The standard InChI is InChI=1S/C21H18FNOS/c1-14-15(3-2-4-19(14)22)12-21(24)23-9-7-17-11-16(5-6-20(17)23)18-8-10-25-13-18/h2-6,8,10-11,13H,7,9,12H2,1H3. The minimum absolute atomic E-state index is 0.0238. The zero-order valence-electron chi connectivity index (χ0n) is 14.0. The van der Waals surface area contributed by atoms with E-state index in [1.165, 1.54) is 22.8 Å². The average molecular weight is 351 g/mol. The molecule has 2 aromatic carbocycles. The highest BCUT2D eigenvalue weighted by atomic mass is 32.1. The molecule has 3 aromatic rings. The predicted octanol–water partition coefficient (Wildman–Crippen LogP) is 4.99. The fraction of sp³-hybridized carbons (Fsp3) is 0.190. The third kappa shape index (κ3) is 2.98. The van der Waals surface area contributed by atoms with Gasteiger partial charge in [0.25, 0.3) is 0 Å². The molecule has 1 aliphatic rings. The SMILES string of the molecule is Cc1c(F)cccc1CC(=O)N1CCc2cc(-c3ccsc3)ccc21. The van der Waals surface area contributed by atoms with Gasteiger partial charge in [0.2, 0.25) is 5.91 Å². The van der Waals surface area contributed by atoms with Gasteiger partial charge in [0, 0.05) is 12.2 Å². The quantitative estimate of drug-likeness (QED) is 0.651. The van der Waals surface area contributed by atoms with Gasteiger partial charge in [-0.3, -0.25) is 4.79 Å². The van der Waals surface area contributed by atoms with Crippen LogP contribution in [0.3, 0.4) is 0 Å². The molecule has 0 aliphatic carbocycles. The average Bonchev–Trinajstić information content (AvgIpc) is 3.27. The minimum Gasteiger partial charge on any atom is -0.312 e. The fourth-order valence-corrected chi connectivity index (χ4v) is 4.04. The van der Waals surface area contributed by atoms with Gasteiger partial charge in [0.05, 0.1) is 6.42 Å². The first-order valence-corrected chi connectivity index (χ1v) is 9.27. The van der Waals surface area contributed by atoms with Gasteiger partial charge in [0.15, 0.2) is 0 Å². The van der Waals surface area contributed by atoms with Crippen molar-refractivity contribution in [1.82, 2.24) is 0 Å². The highest BCUT2D eigenvalue weighted by Crippen LogP contribution is 2.33. The van der Waals surface area contributed by atoms with E-state index in [2.05, 4.69) is 29.0 Å². The molecule has 25 heavy (non-hydrogen) atoms. The van der Waals surface area contributed by atoms with Crippen molar-refractivity contribution in [2.24, 2.45) is 0 Å². The molecule has 0 saturated heterocycles. The maximum atomic E-state index is 13.7. The van der Waals surface area contributed by atoms with E-state index < -0.39 is 0 Å². The normalized spacial score (nSPS) is 13.1. The largest absolute Gasteiger partial charge is 0.312 e. The second kappa shape index (κ2) is 6.45. The van der Waals surface area contributed by atoms with E-state index in [1.807, 2.05) is 17.0 Å². The van der Waals surface area contributed by atoms with Crippen LogP contribution in [0.5, 0.6) is 0 Å². The number of thiophene rings is 1. The van der Waals surface area contributed by atoms with Crippen molar-refractivity contribution in [3.63, 3.8) is 0 Å². The Kier molecular flexibility index (Phi) is 4.14. The minimum atomic E-state index is -0.257. The number of amides is 1. The molecule has 4 rings (SSSR count). The lowest BCUT2D eigenvalue weighted by atomic mass is 10.0. The molecule has 0 fully saturated rings. The van der Waals surface area contributed by atoms with Crippen LogP contribution in [0.4, 0.5) is 10.1 Å². The van der Waals surface area contributed by atoms with E-state index in [1.54, 1.807) is 24.3 Å². The first-order chi connectivity index (χ1) is 12.1. The molecule has 4 heteroatoms. The number of nitrogens with zero attached hydrogens (tertiary/aromatic N) is 1. The van der Waals surface area contributed by atoms with Gasteiger partial charge in [-0.15, -0.1) is 0 Å². The molecule has 2 heterocycles. The predicted molar refractivity (Wildman–Crippen MR) is 101 cm³/mol. The number of hydrogen-bond acceptors (Lipinski definition) is 2. The maximum Gasteiger partial charge on any atom is 0.231 e. The zero-order chi connectivity index (χ0) is 17.4. The Morgan fingerprint density at radius 2 is 2.08 bits per heavy atom. The number of rotatable bonds is 3. The summed E-state index contributed by atoms with van der Waals surface area (Å²) in [6, 6.07) is 13.3. The molecule has 1 aliphatic heterocycles. The molecule has 0 saturated carbocycles. The van der Waals surface area contributed by atoms with Crippen molar-refractivity contribution in [3.8, 4) is 11.1 Å².